The molecule has 0 aliphatic carbocycles. The minimum atomic E-state index is -0.882. The summed E-state index contributed by atoms with van der Waals surface area (Å²) in [6, 6.07) is 0. The lowest BCUT2D eigenvalue weighted by Crippen LogP contribution is -2.36. The van der Waals surface area contributed by atoms with Gasteiger partial charge in [0.2, 0.25) is 5.95 Å². The van der Waals surface area contributed by atoms with Gasteiger partial charge in [-0.2, -0.15) is 0 Å². The van der Waals surface area contributed by atoms with Crippen LogP contribution in [-0.2, 0) is 4.79 Å². The maximum absolute atomic E-state index is 10.8. The van der Waals surface area contributed by atoms with Crippen molar-refractivity contribution in [3.8, 4) is 0 Å². The predicted molar refractivity (Wildman–Crippen MR) is 65.2 cm³/mol. The fourth-order valence-electron chi connectivity index (χ4n) is 1.28. The largest absolute Gasteiger partial charge is 0.480 e. The van der Waals surface area contributed by atoms with E-state index in [1.807, 2.05) is 25.9 Å². The van der Waals surface area contributed by atoms with Crippen LogP contribution in [0.3, 0.4) is 0 Å². The van der Waals surface area contributed by atoms with Gasteiger partial charge in [-0.05, 0) is 26.6 Å². The molecule has 1 rings (SSSR count). The van der Waals surface area contributed by atoms with Crippen LogP contribution in [0.2, 0.25) is 0 Å². The first-order valence-corrected chi connectivity index (χ1v) is 5.39. The molecule has 0 aromatic carbocycles. The second kappa shape index (κ2) is 6.15. The summed E-state index contributed by atoms with van der Waals surface area (Å²) in [5, 5.41) is 8.85. The number of carbonyl (C=O) groups is 1. The molecule has 6 heteroatoms. The highest BCUT2D eigenvalue weighted by atomic mass is 16.4. The molecule has 1 aromatic heterocycles. The minimum Gasteiger partial charge on any atom is -0.480 e. The Balaban J connectivity index is 2.74. The number of aromatic nitrogens is 2. The van der Waals surface area contributed by atoms with Crippen molar-refractivity contribution < 1.29 is 9.90 Å². The second-order valence-electron chi connectivity index (χ2n) is 4.18. The molecular weight excluding hydrogens is 220 g/mol. The first-order chi connectivity index (χ1) is 7.99. The number of likely N-dealkylation sites (N-methyl/N-ethyl adjacent to an activating group) is 1. The monoisotopic (exact) mass is 238 g/mol. The van der Waals surface area contributed by atoms with Crippen LogP contribution in [0.4, 0.5) is 5.95 Å². The highest BCUT2D eigenvalue weighted by Gasteiger charge is 2.13. The van der Waals surface area contributed by atoms with Gasteiger partial charge in [-0.15, -0.1) is 0 Å². The molecule has 0 saturated heterocycles. The molecule has 0 spiro atoms. The highest BCUT2D eigenvalue weighted by Crippen LogP contribution is 2.06. The number of hydrogen-bond donors (Lipinski definition) is 1. The van der Waals surface area contributed by atoms with E-state index in [2.05, 4.69) is 9.97 Å². The summed E-state index contributed by atoms with van der Waals surface area (Å²) >= 11 is 0. The lowest BCUT2D eigenvalue weighted by Gasteiger charge is -2.22. The van der Waals surface area contributed by atoms with Crippen LogP contribution in [0.25, 0.3) is 0 Å². The Morgan fingerprint density at radius 2 is 1.88 bits per heavy atom. The Morgan fingerprint density at radius 1 is 1.29 bits per heavy atom. The minimum absolute atomic E-state index is 0.0864. The quantitative estimate of drug-likeness (QED) is 0.765. The topological polar surface area (TPSA) is 69.6 Å². The van der Waals surface area contributed by atoms with Gasteiger partial charge in [0.15, 0.2) is 0 Å². The first-order valence-electron chi connectivity index (χ1n) is 5.39. The smallest absolute Gasteiger partial charge is 0.323 e. The molecule has 1 heterocycles. The third-order valence-corrected chi connectivity index (χ3v) is 2.19. The fraction of sp³-hybridized carbons (Fsp3) is 0.545. The van der Waals surface area contributed by atoms with Crippen molar-refractivity contribution in [3.63, 3.8) is 0 Å². The van der Waals surface area contributed by atoms with Crippen molar-refractivity contribution in [3.05, 3.63) is 18.0 Å². The molecule has 0 aliphatic rings. The van der Waals surface area contributed by atoms with Crippen LogP contribution in [0.5, 0.6) is 0 Å². The van der Waals surface area contributed by atoms with E-state index < -0.39 is 5.97 Å². The third-order valence-electron chi connectivity index (χ3n) is 2.19. The van der Waals surface area contributed by atoms with Crippen molar-refractivity contribution in [2.24, 2.45) is 0 Å². The van der Waals surface area contributed by atoms with E-state index in [0.29, 0.717) is 12.5 Å². The van der Waals surface area contributed by atoms with Gasteiger partial charge in [0, 0.05) is 25.5 Å². The summed E-state index contributed by atoms with van der Waals surface area (Å²) in [4.78, 5) is 22.7. The number of anilines is 1. The number of carboxylic acid groups (broad SMARTS) is 1. The lowest BCUT2D eigenvalue weighted by atomic mass is 10.4. The van der Waals surface area contributed by atoms with Gasteiger partial charge >= 0.3 is 5.97 Å². The van der Waals surface area contributed by atoms with Crippen LogP contribution < -0.4 is 4.90 Å². The first kappa shape index (κ1) is 13.4. The van der Waals surface area contributed by atoms with E-state index in [0.717, 1.165) is 12.1 Å². The number of aryl methyl sites for hydroxylation is 1. The average molecular weight is 238 g/mol. The van der Waals surface area contributed by atoms with E-state index in [9.17, 15) is 4.79 Å². The van der Waals surface area contributed by atoms with Crippen LogP contribution >= 0.6 is 0 Å². The number of nitrogens with zero attached hydrogens (tertiary/aromatic N) is 4. The second-order valence-corrected chi connectivity index (χ2v) is 4.18. The van der Waals surface area contributed by atoms with Gasteiger partial charge in [0.1, 0.15) is 6.54 Å². The summed E-state index contributed by atoms with van der Waals surface area (Å²) in [5.74, 6) is -0.423. The number of rotatable bonds is 6. The molecular formula is C11H18N4O2. The molecule has 1 aromatic rings. The maximum atomic E-state index is 10.8. The van der Waals surface area contributed by atoms with E-state index in [4.69, 9.17) is 5.11 Å². The Hall–Kier alpha value is -1.69. The average Bonchev–Trinajstić information content (AvgIpc) is 2.25. The van der Waals surface area contributed by atoms with Crippen molar-refractivity contribution in [1.82, 2.24) is 14.9 Å². The molecule has 0 unspecified atom stereocenters. The zero-order chi connectivity index (χ0) is 12.8. The Bertz CT molecular complexity index is 364. The standard InChI is InChI=1S/C11H18N4O2/c1-9-6-12-11(13-7-9)15(8-10(16)17)5-4-14(2)3/h6-7H,4-5,8H2,1-3H3,(H,16,17). The fourth-order valence-corrected chi connectivity index (χ4v) is 1.28. The number of carboxylic acids is 1. The Morgan fingerprint density at radius 3 is 2.35 bits per heavy atom. The Labute approximate surface area is 101 Å². The summed E-state index contributed by atoms with van der Waals surface area (Å²) in [6.07, 6.45) is 3.37. The number of aliphatic carboxylic acids is 1. The zero-order valence-electron chi connectivity index (χ0n) is 10.4. The van der Waals surface area contributed by atoms with Crippen LogP contribution in [-0.4, -0.2) is 59.7 Å². The SMILES string of the molecule is Cc1cnc(N(CCN(C)C)CC(=O)O)nc1. The van der Waals surface area contributed by atoms with Crippen molar-refractivity contribution >= 4 is 11.9 Å². The van der Waals surface area contributed by atoms with Gasteiger partial charge in [0.25, 0.3) is 0 Å². The predicted octanol–water partition coefficient (Wildman–Crippen LogP) is 0.238. The molecule has 0 bridgehead atoms. The summed E-state index contributed by atoms with van der Waals surface area (Å²) in [6.45, 7) is 3.15. The summed E-state index contributed by atoms with van der Waals surface area (Å²) in [7, 11) is 3.88. The normalized spacial score (nSPS) is 10.6. The van der Waals surface area contributed by atoms with Crippen molar-refractivity contribution in [2.75, 3.05) is 38.6 Å². The molecule has 6 nitrogen and oxygen atoms in total. The molecule has 94 valence electrons. The molecule has 0 aliphatic heterocycles. The van der Waals surface area contributed by atoms with Crippen LogP contribution in [0.1, 0.15) is 5.56 Å². The summed E-state index contributed by atoms with van der Waals surface area (Å²) in [5.41, 5.74) is 0.955. The van der Waals surface area contributed by atoms with E-state index in [-0.39, 0.29) is 6.54 Å². The van der Waals surface area contributed by atoms with Crippen molar-refractivity contribution in [2.45, 2.75) is 6.92 Å². The van der Waals surface area contributed by atoms with Gasteiger partial charge in [-0.1, -0.05) is 0 Å². The van der Waals surface area contributed by atoms with Gasteiger partial charge in [-0.3, -0.25) is 4.79 Å². The maximum Gasteiger partial charge on any atom is 0.323 e. The van der Waals surface area contributed by atoms with Gasteiger partial charge in [0.05, 0.1) is 0 Å². The molecule has 0 radical (unpaired) electrons. The van der Waals surface area contributed by atoms with E-state index in [1.54, 1.807) is 17.3 Å². The van der Waals surface area contributed by atoms with Crippen LogP contribution in [0.15, 0.2) is 12.4 Å². The van der Waals surface area contributed by atoms with E-state index in [1.165, 1.54) is 0 Å². The summed E-state index contributed by atoms with van der Waals surface area (Å²) < 4.78 is 0. The van der Waals surface area contributed by atoms with Gasteiger partial charge in [-0.25, -0.2) is 9.97 Å². The van der Waals surface area contributed by atoms with Crippen molar-refractivity contribution in [1.29, 1.82) is 0 Å². The van der Waals surface area contributed by atoms with Gasteiger partial charge < -0.3 is 14.9 Å². The molecule has 0 saturated carbocycles. The molecule has 0 amide bonds. The highest BCUT2D eigenvalue weighted by molar-refractivity contribution is 5.72. The lowest BCUT2D eigenvalue weighted by molar-refractivity contribution is -0.135. The van der Waals surface area contributed by atoms with Crippen LogP contribution in [0, 0.1) is 6.92 Å². The molecule has 17 heavy (non-hydrogen) atoms. The molecule has 0 atom stereocenters. The van der Waals surface area contributed by atoms with E-state index >= 15 is 0 Å². The third kappa shape index (κ3) is 4.78. The Kier molecular flexibility index (Phi) is 4.84. The molecule has 0 fully saturated rings. The number of hydrogen-bond acceptors (Lipinski definition) is 5. The molecule has 1 N–H and O–H groups in total. The zero-order valence-corrected chi connectivity index (χ0v) is 10.4.